The van der Waals surface area contributed by atoms with Crippen LogP contribution >= 0.6 is 11.3 Å². The lowest BCUT2D eigenvalue weighted by molar-refractivity contribution is 0.435. The second kappa shape index (κ2) is 8.00. The molecule has 3 aromatic rings. The van der Waals surface area contributed by atoms with E-state index >= 15 is 0 Å². The van der Waals surface area contributed by atoms with E-state index in [2.05, 4.69) is 5.10 Å². The molecule has 7 heteroatoms. The number of benzene rings is 1. The molecule has 140 valence electrons. The van der Waals surface area contributed by atoms with Gasteiger partial charge in [0.2, 0.25) is 4.80 Å². The average Bonchev–Trinajstić information content (AvgIpc) is 3.32. The van der Waals surface area contributed by atoms with Crippen molar-refractivity contribution in [3.05, 3.63) is 64.0 Å². The van der Waals surface area contributed by atoms with Crippen LogP contribution in [0.15, 0.2) is 56.5 Å². The number of thiazole rings is 1. The van der Waals surface area contributed by atoms with Gasteiger partial charge in [-0.15, -0.1) is 11.3 Å². The molecule has 0 atom stereocenters. The van der Waals surface area contributed by atoms with E-state index in [4.69, 9.17) is 9.41 Å². The highest BCUT2D eigenvalue weighted by molar-refractivity contribution is 7.07. The lowest BCUT2D eigenvalue weighted by atomic mass is 9.96. The number of nitrogens with zero attached hydrogens (tertiary/aromatic N) is 3. The summed E-state index contributed by atoms with van der Waals surface area (Å²) >= 11 is 1.48. The van der Waals surface area contributed by atoms with Crippen LogP contribution in [0.5, 0.6) is 0 Å². The van der Waals surface area contributed by atoms with Crippen molar-refractivity contribution >= 4 is 17.6 Å². The predicted molar refractivity (Wildman–Crippen MR) is 102 cm³/mol. The van der Waals surface area contributed by atoms with Gasteiger partial charge < -0.3 is 4.42 Å². The van der Waals surface area contributed by atoms with Crippen molar-refractivity contribution in [3.8, 4) is 11.5 Å². The first-order valence-electron chi connectivity index (χ1n) is 8.98. The standard InChI is InChI=1S/C20H19F2N3OS/c21-15-9-8-14(17(22)11-15)12-23-25-18(19-7-4-10-26-19)13-27-20(25)24-16-5-2-1-3-6-16/h4,7-13,16H,1-3,5-6H2. The molecule has 1 aliphatic rings. The molecule has 0 saturated heterocycles. The maximum Gasteiger partial charge on any atom is 0.206 e. The number of hydrogen-bond acceptors (Lipinski definition) is 4. The van der Waals surface area contributed by atoms with Crippen LogP contribution in [0, 0.1) is 11.6 Å². The Bertz CT molecular complexity index is 999. The summed E-state index contributed by atoms with van der Waals surface area (Å²) in [5, 5.41) is 6.36. The molecular weight excluding hydrogens is 368 g/mol. The van der Waals surface area contributed by atoms with Crippen LogP contribution in [0.2, 0.25) is 0 Å². The molecule has 1 aromatic carbocycles. The van der Waals surface area contributed by atoms with Crippen molar-refractivity contribution in [1.29, 1.82) is 0 Å². The van der Waals surface area contributed by atoms with E-state index in [1.165, 1.54) is 48.9 Å². The number of halogens is 2. The molecule has 1 saturated carbocycles. The van der Waals surface area contributed by atoms with Gasteiger partial charge in [-0.1, -0.05) is 19.3 Å². The first kappa shape index (κ1) is 17.9. The van der Waals surface area contributed by atoms with E-state index < -0.39 is 11.6 Å². The second-order valence-corrected chi connectivity index (χ2v) is 7.36. The number of hydrogen-bond donors (Lipinski definition) is 0. The van der Waals surface area contributed by atoms with E-state index in [0.717, 1.165) is 29.4 Å². The second-order valence-electron chi connectivity index (χ2n) is 6.52. The van der Waals surface area contributed by atoms with Gasteiger partial charge in [0.25, 0.3) is 0 Å². The SMILES string of the molecule is Fc1ccc(C=Nn2c(-c3ccco3)csc2=NC2CCCCC2)c(F)c1. The molecule has 27 heavy (non-hydrogen) atoms. The predicted octanol–water partition coefficient (Wildman–Crippen LogP) is 5.20. The van der Waals surface area contributed by atoms with E-state index in [1.54, 1.807) is 17.0 Å². The van der Waals surface area contributed by atoms with Gasteiger partial charge in [-0.05, 0) is 37.1 Å². The lowest BCUT2D eigenvalue weighted by Crippen LogP contribution is -2.19. The third-order valence-electron chi connectivity index (χ3n) is 4.60. The molecule has 1 fully saturated rings. The zero-order chi connectivity index (χ0) is 18.6. The molecule has 0 amide bonds. The van der Waals surface area contributed by atoms with Crippen molar-refractivity contribution in [1.82, 2.24) is 4.68 Å². The quantitative estimate of drug-likeness (QED) is 0.567. The average molecular weight is 387 g/mol. The molecule has 4 nitrogen and oxygen atoms in total. The first-order chi connectivity index (χ1) is 13.2. The Kier molecular flexibility index (Phi) is 5.29. The first-order valence-corrected chi connectivity index (χ1v) is 9.86. The van der Waals surface area contributed by atoms with Crippen molar-refractivity contribution < 1.29 is 13.2 Å². The van der Waals surface area contributed by atoms with E-state index in [9.17, 15) is 8.78 Å². The van der Waals surface area contributed by atoms with Crippen LogP contribution in [0.25, 0.3) is 11.5 Å². The normalized spacial score (nSPS) is 16.4. The molecule has 0 N–H and O–H groups in total. The van der Waals surface area contributed by atoms with Gasteiger partial charge in [-0.25, -0.2) is 13.5 Å². The maximum atomic E-state index is 13.9. The Morgan fingerprint density at radius 3 is 2.74 bits per heavy atom. The summed E-state index contributed by atoms with van der Waals surface area (Å²) in [6, 6.07) is 7.36. The van der Waals surface area contributed by atoms with Crippen LogP contribution in [0.3, 0.4) is 0 Å². The fraction of sp³-hybridized carbons (Fsp3) is 0.300. The fourth-order valence-electron chi connectivity index (χ4n) is 3.19. The van der Waals surface area contributed by atoms with Crippen molar-refractivity contribution in [2.75, 3.05) is 0 Å². The van der Waals surface area contributed by atoms with Crippen LogP contribution in [-0.2, 0) is 0 Å². The molecule has 0 aliphatic heterocycles. The highest BCUT2D eigenvalue weighted by Crippen LogP contribution is 2.23. The smallest absolute Gasteiger partial charge is 0.206 e. The molecule has 0 spiro atoms. The van der Waals surface area contributed by atoms with Gasteiger partial charge in [0.05, 0.1) is 18.5 Å². The van der Waals surface area contributed by atoms with Crippen LogP contribution in [-0.4, -0.2) is 16.9 Å². The van der Waals surface area contributed by atoms with Gasteiger partial charge in [-0.2, -0.15) is 5.10 Å². The summed E-state index contributed by atoms with van der Waals surface area (Å²) in [6.07, 6.45) is 8.76. The van der Waals surface area contributed by atoms with E-state index in [-0.39, 0.29) is 11.6 Å². The van der Waals surface area contributed by atoms with Gasteiger partial charge in [-0.3, -0.25) is 4.99 Å². The third-order valence-corrected chi connectivity index (χ3v) is 5.43. The molecule has 0 unspecified atom stereocenters. The lowest BCUT2D eigenvalue weighted by Gasteiger charge is -2.16. The molecule has 2 heterocycles. The topological polar surface area (TPSA) is 42.8 Å². The molecule has 4 rings (SSSR count). The Morgan fingerprint density at radius 2 is 2.00 bits per heavy atom. The largest absolute Gasteiger partial charge is 0.463 e. The summed E-state index contributed by atoms with van der Waals surface area (Å²) < 4.78 is 34.2. The molecule has 1 aliphatic carbocycles. The highest BCUT2D eigenvalue weighted by Gasteiger charge is 2.15. The molecule has 2 aromatic heterocycles. The summed E-state index contributed by atoms with van der Waals surface area (Å²) in [5.41, 5.74) is 0.961. The van der Waals surface area contributed by atoms with E-state index in [0.29, 0.717) is 5.76 Å². The zero-order valence-electron chi connectivity index (χ0n) is 14.6. The Balaban J connectivity index is 1.75. The monoisotopic (exact) mass is 387 g/mol. The van der Waals surface area contributed by atoms with Crippen LogP contribution < -0.4 is 4.80 Å². The van der Waals surface area contributed by atoms with E-state index in [1.807, 2.05) is 11.4 Å². The number of aromatic nitrogens is 1. The van der Waals surface area contributed by atoms with Gasteiger partial charge in [0.1, 0.15) is 17.3 Å². The maximum absolute atomic E-state index is 13.9. The van der Waals surface area contributed by atoms with Crippen LogP contribution in [0.4, 0.5) is 8.78 Å². The summed E-state index contributed by atoms with van der Waals surface area (Å²) in [7, 11) is 0. The highest BCUT2D eigenvalue weighted by atomic mass is 32.1. The van der Waals surface area contributed by atoms with Crippen molar-refractivity contribution in [2.45, 2.75) is 38.1 Å². The minimum Gasteiger partial charge on any atom is -0.463 e. The van der Waals surface area contributed by atoms with Crippen molar-refractivity contribution in [3.63, 3.8) is 0 Å². The summed E-state index contributed by atoms with van der Waals surface area (Å²) in [6.45, 7) is 0. The van der Waals surface area contributed by atoms with Crippen molar-refractivity contribution in [2.24, 2.45) is 10.1 Å². The Hall–Kier alpha value is -2.54. The van der Waals surface area contributed by atoms with Gasteiger partial charge in [0, 0.05) is 17.0 Å². The number of rotatable bonds is 4. The third kappa shape index (κ3) is 4.08. The minimum absolute atomic E-state index is 0.212. The molecule has 0 radical (unpaired) electrons. The summed E-state index contributed by atoms with van der Waals surface area (Å²) in [4.78, 5) is 5.61. The Labute approximate surface area is 159 Å². The fourth-order valence-corrected chi connectivity index (χ4v) is 4.08. The van der Waals surface area contributed by atoms with Crippen LogP contribution in [0.1, 0.15) is 37.7 Å². The van der Waals surface area contributed by atoms with Gasteiger partial charge >= 0.3 is 0 Å². The molecule has 0 bridgehead atoms. The molecular formula is C20H19F2N3OS. The zero-order valence-corrected chi connectivity index (χ0v) is 15.5. The Morgan fingerprint density at radius 1 is 1.15 bits per heavy atom. The van der Waals surface area contributed by atoms with Gasteiger partial charge in [0.15, 0.2) is 5.76 Å². The number of furan rings is 1. The summed E-state index contributed by atoms with van der Waals surface area (Å²) in [5.74, 6) is -0.606. The minimum atomic E-state index is -0.653.